The van der Waals surface area contributed by atoms with E-state index in [1.165, 1.54) is 5.69 Å². The van der Waals surface area contributed by atoms with Crippen LogP contribution in [-0.4, -0.2) is 74.3 Å². The summed E-state index contributed by atoms with van der Waals surface area (Å²) in [7, 11) is 3.79. The zero-order valence-electron chi connectivity index (χ0n) is 20.3. The van der Waals surface area contributed by atoms with Crippen LogP contribution in [0, 0.1) is 0 Å². The van der Waals surface area contributed by atoms with Crippen molar-refractivity contribution in [3.8, 4) is 22.3 Å². The molecule has 0 radical (unpaired) electrons. The van der Waals surface area contributed by atoms with Gasteiger partial charge in [-0.15, -0.1) is 0 Å². The largest absolute Gasteiger partial charge is 0.383 e. The second-order valence-electron chi connectivity index (χ2n) is 8.99. The van der Waals surface area contributed by atoms with E-state index in [0.29, 0.717) is 18.7 Å². The average Bonchev–Trinajstić information content (AvgIpc) is 3.33. The summed E-state index contributed by atoms with van der Waals surface area (Å²) in [5, 5.41) is 3.91. The molecule has 35 heavy (non-hydrogen) atoms. The lowest BCUT2D eigenvalue weighted by Gasteiger charge is -2.34. The summed E-state index contributed by atoms with van der Waals surface area (Å²) in [6.45, 7) is 5.29. The van der Waals surface area contributed by atoms with Gasteiger partial charge in [-0.1, -0.05) is 24.3 Å². The highest BCUT2D eigenvalue weighted by atomic mass is 16.5. The molecule has 180 valence electrons. The van der Waals surface area contributed by atoms with E-state index in [0.717, 1.165) is 59.5 Å². The van der Waals surface area contributed by atoms with E-state index in [2.05, 4.69) is 62.5 Å². The summed E-state index contributed by atoms with van der Waals surface area (Å²) in [5.41, 5.74) is 7.07. The van der Waals surface area contributed by atoms with Crippen molar-refractivity contribution < 1.29 is 9.53 Å². The van der Waals surface area contributed by atoms with Crippen LogP contribution in [0.25, 0.3) is 33.3 Å². The molecule has 1 amide bonds. The summed E-state index contributed by atoms with van der Waals surface area (Å²) in [6.07, 6.45) is 3.90. The van der Waals surface area contributed by atoms with Crippen molar-refractivity contribution >= 4 is 22.6 Å². The van der Waals surface area contributed by atoms with Crippen molar-refractivity contribution in [2.45, 2.75) is 0 Å². The van der Waals surface area contributed by atoms with Gasteiger partial charge in [0.25, 0.3) is 5.91 Å². The van der Waals surface area contributed by atoms with Crippen LogP contribution in [0.2, 0.25) is 0 Å². The minimum atomic E-state index is -0.100. The Morgan fingerprint density at radius 2 is 1.71 bits per heavy atom. The molecule has 5 rings (SSSR count). The number of likely N-dealkylation sites (N-methyl/N-ethyl adjacent to an activating group) is 1. The Morgan fingerprint density at radius 1 is 1.00 bits per heavy atom. The molecule has 1 saturated heterocycles. The number of anilines is 1. The normalized spacial score (nSPS) is 14.4. The van der Waals surface area contributed by atoms with E-state index in [1.54, 1.807) is 7.11 Å². The molecule has 0 saturated carbocycles. The lowest BCUT2D eigenvalue weighted by molar-refractivity contribution is 0.0937. The van der Waals surface area contributed by atoms with E-state index in [1.807, 2.05) is 36.7 Å². The molecule has 4 aromatic rings. The quantitative estimate of drug-likeness (QED) is 0.400. The highest BCUT2D eigenvalue weighted by Crippen LogP contribution is 2.32. The third-order valence-corrected chi connectivity index (χ3v) is 6.65. The number of benzene rings is 2. The Labute approximate surface area is 205 Å². The molecule has 2 N–H and O–H groups in total. The number of aromatic amines is 1. The van der Waals surface area contributed by atoms with Crippen molar-refractivity contribution in [2.75, 3.05) is 58.4 Å². The van der Waals surface area contributed by atoms with Gasteiger partial charge in [0.2, 0.25) is 0 Å². The Balaban J connectivity index is 1.36. The van der Waals surface area contributed by atoms with Gasteiger partial charge in [-0.25, -0.2) is 4.98 Å². The van der Waals surface area contributed by atoms with Gasteiger partial charge in [-0.3, -0.25) is 4.79 Å². The van der Waals surface area contributed by atoms with Crippen molar-refractivity contribution in [1.29, 1.82) is 0 Å². The minimum Gasteiger partial charge on any atom is -0.383 e. The number of methoxy groups -OCH3 is 1. The molecule has 0 spiro atoms. The Hall–Kier alpha value is -3.68. The molecule has 1 aliphatic rings. The fourth-order valence-electron chi connectivity index (χ4n) is 4.50. The second kappa shape index (κ2) is 10.3. The molecule has 1 fully saturated rings. The number of H-pyrrole nitrogens is 1. The summed E-state index contributed by atoms with van der Waals surface area (Å²) < 4.78 is 4.99. The maximum absolute atomic E-state index is 12.3. The molecule has 7 nitrogen and oxygen atoms in total. The number of carbonyl (C=O) groups excluding carboxylic acids is 1. The van der Waals surface area contributed by atoms with Gasteiger partial charge in [0.05, 0.1) is 6.61 Å². The SMILES string of the molecule is COCCNC(=O)c1ccc(-c2c[nH]c3ncc(-c4ccc(N5CCN(C)CC5)cc4)cc23)cc1. The number of piperazine rings is 1. The lowest BCUT2D eigenvalue weighted by atomic mass is 10.0. The summed E-state index contributed by atoms with van der Waals surface area (Å²) in [5.74, 6) is -0.100. The zero-order valence-corrected chi connectivity index (χ0v) is 20.3. The second-order valence-corrected chi connectivity index (χ2v) is 8.99. The number of rotatable bonds is 7. The van der Waals surface area contributed by atoms with Gasteiger partial charge in [0.1, 0.15) is 5.65 Å². The Kier molecular flexibility index (Phi) is 6.79. The van der Waals surface area contributed by atoms with E-state index < -0.39 is 0 Å². The predicted octanol–water partition coefficient (Wildman–Crippen LogP) is 4.02. The molecule has 7 heteroatoms. The van der Waals surface area contributed by atoms with Gasteiger partial charge in [0, 0.05) is 80.0 Å². The molecular formula is C28H31N5O2. The van der Waals surface area contributed by atoms with Crippen molar-refractivity contribution in [1.82, 2.24) is 20.2 Å². The predicted molar refractivity (Wildman–Crippen MR) is 141 cm³/mol. The molecule has 0 atom stereocenters. The van der Waals surface area contributed by atoms with E-state index in [4.69, 9.17) is 4.74 Å². The van der Waals surface area contributed by atoms with Crippen LogP contribution in [-0.2, 0) is 4.74 Å². The fourth-order valence-corrected chi connectivity index (χ4v) is 4.50. The number of nitrogens with zero attached hydrogens (tertiary/aromatic N) is 3. The summed E-state index contributed by atoms with van der Waals surface area (Å²) in [4.78, 5) is 25.0. The minimum absolute atomic E-state index is 0.100. The molecule has 3 heterocycles. The van der Waals surface area contributed by atoms with Crippen LogP contribution >= 0.6 is 0 Å². The molecule has 0 aliphatic carbocycles. The first-order valence-electron chi connectivity index (χ1n) is 12.0. The van der Waals surface area contributed by atoms with E-state index in [9.17, 15) is 4.79 Å². The maximum Gasteiger partial charge on any atom is 0.251 e. The monoisotopic (exact) mass is 469 g/mol. The number of carbonyl (C=O) groups is 1. The number of aromatic nitrogens is 2. The lowest BCUT2D eigenvalue weighted by Crippen LogP contribution is -2.44. The van der Waals surface area contributed by atoms with Gasteiger partial charge in [-0.05, 0) is 48.5 Å². The number of pyridine rings is 1. The smallest absolute Gasteiger partial charge is 0.251 e. The first kappa shape index (κ1) is 23.1. The van der Waals surface area contributed by atoms with E-state index >= 15 is 0 Å². The summed E-state index contributed by atoms with van der Waals surface area (Å²) >= 11 is 0. The van der Waals surface area contributed by atoms with Crippen LogP contribution in [0.1, 0.15) is 10.4 Å². The van der Waals surface area contributed by atoms with Crippen molar-refractivity contribution in [3.63, 3.8) is 0 Å². The first-order valence-corrected chi connectivity index (χ1v) is 12.0. The maximum atomic E-state index is 12.3. The first-order chi connectivity index (χ1) is 17.1. The van der Waals surface area contributed by atoms with E-state index in [-0.39, 0.29) is 5.91 Å². The van der Waals surface area contributed by atoms with Crippen LogP contribution in [0.3, 0.4) is 0 Å². The third-order valence-electron chi connectivity index (χ3n) is 6.65. The van der Waals surface area contributed by atoms with Crippen molar-refractivity contribution in [2.24, 2.45) is 0 Å². The molecule has 2 aromatic heterocycles. The number of fused-ring (bicyclic) bond motifs is 1. The van der Waals surface area contributed by atoms with Gasteiger partial charge in [0.15, 0.2) is 0 Å². The number of nitrogens with one attached hydrogen (secondary N) is 2. The Bertz CT molecular complexity index is 1290. The topological polar surface area (TPSA) is 73.5 Å². The van der Waals surface area contributed by atoms with Gasteiger partial charge < -0.3 is 24.8 Å². The molecule has 1 aliphatic heterocycles. The molecule has 0 bridgehead atoms. The standard InChI is InChI=1S/C28H31N5O2/c1-32-12-14-33(15-13-32)24-9-7-20(8-10-24)23-17-25-26(19-31-27(25)30-18-23)21-3-5-22(6-4-21)28(34)29-11-16-35-2/h3-10,17-19H,11-16H2,1-2H3,(H,29,34)(H,30,31). The van der Waals surface area contributed by atoms with Crippen LogP contribution in [0.5, 0.6) is 0 Å². The molecule has 0 unspecified atom stereocenters. The van der Waals surface area contributed by atoms with Gasteiger partial charge >= 0.3 is 0 Å². The third kappa shape index (κ3) is 5.06. The highest BCUT2D eigenvalue weighted by Gasteiger charge is 2.15. The zero-order chi connectivity index (χ0) is 24.2. The average molecular weight is 470 g/mol. The molecular weight excluding hydrogens is 438 g/mol. The van der Waals surface area contributed by atoms with Crippen LogP contribution in [0.15, 0.2) is 67.0 Å². The van der Waals surface area contributed by atoms with Gasteiger partial charge in [-0.2, -0.15) is 0 Å². The van der Waals surface area contributed by atoms with Crippen LogP contribution < -0.4 is 10.2 Å². The Morgan fingerprint density at radius 3 is 2.43 bits per heavy atom. The summed E-state index contributed by atoms with van der Waals surface area (Å²) in [6, 6.07) is 18.6. The van der Waals surface area contributed by atoms with Crippen LogP contribution in [0.4, 0.5) is 5.69 Å². The highest BCUT2D eigenvalue weighted by molar-refractivity contribution is 5.98. The number of ether oxygens (including phenoxy) is 1. The number of hydrogen-bond donors (Lipinski definition) is 2. The van der Waals surface area contributed by atoms with Crippen molar-refractivity contribution in [3.05, 3.63) is 72.6 Å². The molecule has 2 aromatic carbocycles. The number of hydrogen-bond acceptors (Lipinski definition) is 5. The fraction of sp³-hybridized carbons (Fsp3) is 0.286. The number of amides is 1.